The van der Waals surface area contributed by atoms with Crippen molar-refractivity contribution < 1.29 is 5.11 Å². The number of hydrogen-bond acceptors (Lipinski definition) is 4. The van der Waals surface area contributed by atoms with E-state index in [2.05, 4.69) is 36.4 Å². The van der Waals surface area contributed by atoms with Gasteiger partial charge in [-0.2, -0.15) is 5.10 Å². The second-order valence-corrected chi connectivity index (χ2v) is 7.09. The van der Waals surface area contributed by atoms with E-state index in [9.17, 15) is 0 Å². The third-order valence-corrected chi connectivity index (χ3v) is 5.40. The van der Waals surface area contributed by atoms with E-state index in [4.69, 9.17) is 5.11 Å². The first-order valence-electron chi connectivity index (χ1n) is 7.67. The molecule has 0 fully saturated rings. The molecule has 2 unspecified atom stereocenters. The number of rotatable bonds is 5. The van der Waals surface area contributed by atoms with E-state index < -0.39 is 0 Å². The summed E-state index contributed by atoms with van der Waals surface area (Å²) >= 11 is 1.86. The lowest BCUT2D eigenvalue weighted by atomic mass is 9.92. The second-order valence-electron chi connectivity index (χ2n) is 5.77. The molecule has 0 aromatic carbocycles. The summed E-state index contributed by atoms with van der Waals surface area (Å²) in [5, 5.41) is 17.3. The summed E-state index contributed by atoms with van der Waals surface area (Å²) in [5.41, 5.74) is 2.61. The van der Waals surface area contributed by atoms with E-state index in [1.807, 2.05) is 22.2 Å². The molecule has 4 nitrogen and oxygen atoms in total. The molecule has 0 radical (unpaired) electrons. The standard InChI is InChI=1S/C16H23N3OS/c1-11-6-7-16(21-11)12(2)18-14-4-3-5-15-13(14)10-17-19(15)8-9-20/h6-7,10,12,14,18,20H,3-5,8-9H2,1-2H3. The van der Waals surface area contributed by atoms with Crippen molar-refractivity contribution in [3.05, 3.63) is 39.3 Å². The summed E-state index contributed by atoms with van der Waals surface area (Å²) in [6, 6.07) is 5.14. The van der Waals surface area contributed by atoms with Crippen LogP contribution in [0.2, 0.25) is 0 Å². The Balaban J connectivity index is 1.76. The highest BCUT2D eigenvalue weighted by atomic mass is 32.1. The predicted octanol–water partition coefficient (Wildman–Crippen LogP) is 2.97. The van der Waals surface area contributed by atoms with Crippen LogP contribution in [0.5, 0.6) is 0 Å². The minimum absolute atomic E-state index is 0.150. The molecule has 2 heterocycles. The van der Waals surface area contributed by atoms with Crippen LogP contribution in [0.4, 0.5) is 0 Å². The summed E-state index contributed by atoms with van der Waals surface area (Å²) in [6.07, 6.45) is 5.39. The Morgan fingerprint density at radius 3 is 3.10 bits per heavy atom. The number of aryl methyl sites for hydroxylation is 1. The maximum atomic E-state index is 9.13. The number of thiophene rings is 1. The highest BCUT2D eigenvalue weighted by molar-refractivity contribution is 7.12. The van der Waals surface area contributed by atoms with Crippen molar-refractivity contribution in [3.8, 4) is 0 Å². The second kappa shape index (κ2) is 6.30. The molecule has 2 atom stereocenters. The van der Waals surface area contributed by atoms with Crippen molar-refractivity contribution in [2.24, 2.45) is 0 Å². The molecular formula is C16H23N3OS. The topological polar surface area (TPSA) is 50.1 Å². The molecule has 21 heavy (non-hydrogen) atoms. The van der Waals surface area contributed by atoms with Crippen molar-refractivity contribution in [1.82, 2.24) is 15.1 Å². The van der Waals surface area contributed by atoms with Gasteiger partial charge in [-0.15, -0.1) is 11.3 Å². The van der Waals surface area contributed by atoms with Gasteiger partial charge in [0.25, 0.3) is 0 Å². The minimum atomic E-state index is 0.150. The monoisotopic (exact) mass is 305 g/mol. The van der Waals surface area contributed by atoms with Crippen molar-refractivity contribution in [1.29, 1.82) is 0 Å². The van der Waals surface area contributed by atoms with Crippen LogP contribution in [0.3, 0.4) is 0 Å². The van der Waals surface area contributed by atoms with Crippen LogP contribution in [0.25, 0.3) is 0 Å². The molecule has 3 rings (SSSR count). The quantitative estimate of drug-likeness (QED) is 0.893. The fourth-order valence-electron chi connectivity index (χ4n) is 3.15. The largest absolute Gasteiger partial charge is 0.394 e. The molecule has 2 aromatic heterocycles. The first-order chi connectivity index (χ1) is 10.2. The first kappa shape index (κ1) is 14.8. The van der Waals surface area contributed by atoms with Gasteiger partial charge in [0.05, 0.1) is 19.3 Å². The molecule has 1 aliphatic carbocycles. The lowest BCUT2D eigenvalue weighted by Gasteiger charge is -2.27. The SMILES string of the molecule is Cc1ccc(C(C)NC2CCCc3c2cnn3CCO)s1. The van der Waals surface area contributed by atoms with E-state index >= 15 is 0 Å². The maximum Gasteiger partial charge on any atom is 0.0644 e. The van der Waals surface area contributed by atoms with Gasteiger partial charge in [-0.05, 0) is 45.2 Å². The van der Waals surface area contributed by atoms with Gasteiger partial charge in [-0.25, -0.2) is 0 Å². The maximum absolute atomic E-state index is 9.13. The van der Waals surface area contributed by atoms with Crippen LogP contribution in [-0.4, -0.2) is 21.5 Å². The normalized spacial score (nSPS) is 19.5. The molecule has 2 N–H and O–H groups in total. The number of fused-ring (bicyclic) bond motifs is 1. The molecule has 0 aliphatic heterocycles. The van der Waals surface area contributed by atoms with Gasteiger partial charge in [0, 0.05) is 33.1 Å². The molecule has 0 saturated carbocycles. The Bertz CT molecular complexity index is 604. The summed E-state index contributed by atoms with van der Waals surface area (Å²) in [4.78, 5) is 2.75. The van der Waals surface area contributed by atoms with Crippen molar-refractivity contribution in [2.45, 2.75) is 51.7 Å². The van der Waals surface area contributed by atoms with Gasteiger partial charge in [-0.3, -0.25) is 4.68 Å². The fraction of sp³-hybridized carbons (Fsp3) is 0.562. The number of hydrogen-bond donors (Lipinski definition) is 2. The number of aliphatic hydroxyl groups is 1. The Kier molecular flexibility index (Phi) is 4.42. The number of aliphatic hydroxyl groups excluding tert-OH is 1. The molecule has 1 aliphatic rings. The van der Waals surface area contributed by atoms with Gasteiger partial charge in [0.2, 0.25) is 0 Å². The van der Waals surface area contributed by atoms with E-state index in [1.165, 1.54) is 27.4 Å². The third kappa shape index (κ3) is 3.05. The molecule has 0 spiro atoms. The van der Waals surface area contributed by atoms with Crippen molar-refractivity contribution >= 4 is 11.3 Å². The van der Waals surface area contributed by atoms with E-state index in [-0.39, 0.29) is 6.61 Å². The number of aromatic nitrogens is 2. The van der Waals surface area contributed by atoms with Gasteiger partial charge in [0.15, 0.2) is 0 Å². The predicted molar refractivity (Wildman–Crippen MR) is 85.6 cm³/mol. The van der Waals surface area contributed by atoms with Crippen LogP contribution in [0, 0.1) is 6.92 Å². The molecule has 5 heteroatoms. The molecule has 2 aromatic rings. The summed E-state index contributed by atoms with van der Waals surface area (Å²) in [5.74, 6) is 0. The average molecular weight is 305 g/mol. The zero-order valence-electron chi connectivity index (χ0n) is 12.7. The van der Waals surface area contributed by atoms with E-state index in [1.54, 1.807) is 0 Å². The van der Waals surface area contributed by atoms with Crippen molar-refractivity contribution in [2.75, 3.05) is 6.61 Å². The summed E-state index contributed by atoms with van der Waals surface area (Å²) in [6.45, 7) is 5.13. The molecule has 0 bridgehead atoms. The zero-order valence-corrected chi connectivity index (χ0v) is 13.5. The lowest BCUT2D eigenvalue weighted by Crippen LogP contribution is -2.27. The fourth-order valence-corrected chi connectivity index (χ4v) is 4.04. The molecule has 0 saturated heterocycles. The number of nitrogens with one attached hydrogen (secondary N) is 1. The lowest BCUT2D eigenvalue weighted by molar-refractivity contribution is 0.266. The van der Waals surface area contributed by atoms with Gasteiger partial charge < -0.3 is 10.4 Å². The van der Waals surface area contributed by atoms with Crippen LogP contribution in [0.15, 0.2) is 18.3 Å². The van der Waals surface area contributed by atoms with Crippen LogP contribution in [-0.2, 0) is 13.0 Å². The van der Waals surface area contributed by atoms with Crippen LogP contribution >= 0.6 is 11.3 Å². The third-order valence-electron chi connectivity index (χ3n) is 4.21. The average Bonchev–Trinajstić information content (AvgIpc) is 3.07. The smallest absolute Gasteiger partial charge is 0.0644 e. The molecule has 114 valence electrons. The molecule has 0 amide bonds. The van der Waals surface area contributed by atoms with Crippen LogP contribution in [0.1, 0.15) is 52.9 Å². The van der Waals surface area contributed by atoms with Gasteiger partial charge in [-0.1, -0.05) is 0 Å². The Morgan fingerprint density at radius 1 is 1.52 bits per heavy atom. The van der Waals surface area contributed by atoms with Gasteiger partial charge >= 0.3 is 0 Å². The minimum Gasteiger partial charge on any atom is -0.394 e. The Labute approximate surface area is 129 Å². The molecular weight excluding hydrogens is 282 g/mol. The highest BCUT2D eigenvalue weighted by Gasteiger charge is 2.25. The van der Waals surface area contributed by atoms with Gasteiger partial charge in [0.1, 0.15) is 0 Å². The Morgan fingerprint density at radius 2 is 2.38 bits per heavy atom. The van der Waals surface area contributed by atoms with Crippen LogP contribution < -0.4 is 5.32 Å². The summed E-state index contributed by atoms with van der Waals surface area (Å²) in [7, 11) is 0. The first-order valence-corrected chi connectivity index (χ1v) is 8.48. The summed E-state index contributed by atoms with van der Waals surface area (Å²) < 4.78 is 1.96. The van der Waals surface area contributed by atoms with Crippen molar-refractivity contribution in [3.63, 3.8) is 0 Å². The highest BCUT2D eigenvalue weighted by Crippen LogP contribution is 2.32. The van der Waals surface area contributed by atoms with E-state index in [0.29, 0.717) is 18.6 Å². The zero-order chi connectivity index (χ0) is 14.8. The Hall–Kier alpha value is -1.17. The van der Waals surface area contributed by atoms with E-state index in [0.717, 1.165) is 12.8 Å². The number of nitrogens with zero attached hydrogens (tertiary/aromatic N) is 2.